The number of amides is 1. The molecule has 1 saturated carbocycles. The monoisotopic (exact) mass is 311 g/mol. The third kappa shape index (κ3) is 2.70. The van der Waals surface area contributed by atoms with E-state index in [2.05, 4.69) is 39.5 Å². The normalized spacial score (nSPS) is 26.4. The molecular formula is C16H29N3OS. The number of nitrogens with two attached hydrogens (primary N) is 1. The van der Waals surface area contributed by atoms with Crippen molar-refractivity contribution in [3.05, 3.63) is 0 Å². The van der Waals surface area contributed by atoms with Crippen molar-refractivity contribution in [3.8, 4) is 0 Å². The molecule has 0 bridgehead atoms. The van der Waals surface area contributed by atoms with Gasteiger partial charge < -0.3 is 10.6 Å². The quantitative estimate of drug-likeness (QED) is 0.806. The van der Waals surface area contributed by atoms with Gasteiger partial charge in [-0.3, -0.25) is 9.69 Å². The second kappa shape index (κ2) is 5.51. The van der Waals surface area contributed by atoms with Crippen LogP contribution in [0.3, 0.4) is 0 Å². The van der Waals surface area contributed by atoms with Crippen LogP contribution in [0.2, 0.25) is 0 Å². The fourth-order valence-electron chi connectivity index (χ4n) is 3.89. The molecule has 2 fully saturated rings. The minimum atomic E-state index is 0.117. The standard InChI is InChI=1S/C16H29N3OS/c1-6-11(13(17)21)18-7-9-19(10-8-18)14(20)12-15(2,3)16(12,4)5/h11-12H,6-10H2,1-5H3,(H2,17,21). The van der Waals surface area contributed by atoms with Gasteiger partial charge in [-0.25, -0.2) is 0 Å². The van der Waals surface area contributed by atoms with Gasteiger partial charge in [0, 0.05) is 32.1 Å². The van der Waals surface area contributed by atoms with Crippen LogP contribution in [0.5, 0.6) is 0 Å². The average Bonchev–Trinajstić information content (AvgIpc) is 2.80. The minimum Gasteiger partial charge on any atom is -0.392 e. The number of piperazine rings is 1. The van der Waals surface area contributed by atoms with E-state index in [4.69, 9.17) is 18.0 Å². The van der Waals surface area contributed by atoms with Crippen molar-refractivity contribution in [1.29, 1.82) is 0 Å². The van der Waals surface area contributed by atoms with Crippen LogP contribution < -0.4 is 5.73 Å². The van der Waals surface area contributed by atoms with Crippen molar-refractivity contribution < 1.29 is 4.79 Å². The van der Waals surface area contributed by atoms with Crippen molar-refractivity contribution in [2.75, 3.05) is 26.2 Å². The first-order valence-corrected chi connectivity index (χ1v) is 8.37. The van der Waals surface area contributed by atoms with Gasteiger partial charge in [-0.1, -0.05) is 46.8 Å². The van der Waals surface area contributed by atoms with Gasteiger partial charge in [-0.05, 0) is 17.3 Å². The summed E-state index contributed by atoms with van der Waals surface area (Å²) < 4.78 is 0. The van der Waals surface area contributed by atoms with E-state index in [0.717, 1.165) is 32.6 Å². The van der Waals surface area contributed by atoms with Crippen LogP contribution in [0.4, 0.5) is 0 Å². The molecule has 1 saturated heterocycles. The van der Waals surface area contributed by atoms with Crippen molar-refractivity contribution in [1.82, 2.24) is 9.80 Å². The Morgan fingerprint density at radius 2 is 1.67 bits per heavy atom. The molecule has 21 heavy (non-hydrogen) atoms. The number of thiocarbonyl (C=S) groups is 1. The molecule has 2 rings (SSSR count). The summed E-state index contributed by atoms with van der Waals surface area (Å²) in [5.74, 6) is 0.488. The maximum Gasteiger partial charge on any atom is 0.226 e. The lowest BCUT2D eigenvalue weighted by Crippen LogP contribution is -2.55. The van der Waals surface area contributed by atoms with Gasteiger partial charge in [0.25, 0.3) is 0 Å². The number of hydrogen-bond acceptors (Lipinski definition) is 3. The first-order valence-electron chi connectivity index (χ1n) is 7.96. The molecule has 0 aromatic rings. The lowest BCUT2D eigenvalue weighted by atomic mass is 10.0. The van der Waals surface area contributed by atoms with Crippen molar-refractivity contribution in [2.45, 2.75) is 47.1 Å². The predicted molar refractivity (Wildman–Crippen MR) is 90.1 cm³/mol. The Morgan fingerprint density at radius 1 is 1.19 bits per heavy atom. The summed E-state index contributed by atoms with van der Waals surface area (Å²) in [6.45, 7) is 14.2. The number of hydrogen-bond donors (Lipinski definition) is 1. The highest BCUT2D eigenvalue weighted by Gasteiger charge is 2.68. The first-order chi connectivity index (χ1) is 9.64. The Bertz CT molecular complexity index is 425. The van der Waals surface area contributed by atoms with Crippen LogP contribution >= 0.6 is 12.2 Å². The highest BCUT2D eigenvalue weighted by Crippen LogP contribution is 2.68. The Kier molecular flexibility index (Phi) is 4.37. The molecular weight excluding hydrogens is 282 g/mol. The van der Waals surface area contributed by atoms with Gasteiger partial charge >= 0.3 is 0 Å². The third-order valence-corrected chi connectivity index (χ3v) is 6.32. The van der Waals surface area contributed by atoms with Crippen LogP contribution in [-0.4, -0.2) is 52.9 Å². The van der Waals surface area contributed by atoms with Crippen molar-refractivity contribution >= 4 is 23.1 Å². The van der Waals surface area contributed by atoms with Crippen molar-refractivity contribution in [3.63, 3.8) is 0 Å². The van der Waals surface area contributed by atoms with Gasteiger partial charge in [-0.2, -0.15) is 0 Å². The van der Waals surface area contributed by atoms with E-state index in [9.17, 15) is 4.79 Å². The molecule has 1 aliphatic carbocycles. The molecule has 1 atom stereocenters. The van der Waals surface area contributed by atoms with Crippen molar-refractivity contribution in [2.24, 2.45) is 22.5 Å². The second-order valence-corrected chi connectivity index (χ2v) is 8.04. The molecule has 0 aromatic carbocycles. The summed E-state index contributed by atoms with van der Waals surface area (Å²) in [6, 6.07) is 0.172. The molecule has 0 radical (unpaired) electrons. The smallest absolute Gasteiger partial charge is 0.226 e. The number of nitrogens with zero attached hydrogens (tertiary/aromatic N) is 2. The molecule has 2 aliphatic rings. The predicted octanol–water partition coefficient (Wildman–Crippen LogP) is 1.88. The molecule has 5 heteroatoms. The molecule has 1 unspecified atom stereocenters. The summed E-state index contributed by atoms with van der Waals surface area (Å²) >= 11 is 5.15. The molecule has 4 nitrogen and oxygen atoms in total. The average molecular weight is 311 g/mol. The van der Waals surface area contributed by atoms with E-state index in [1.807, 2.05) is 4.90 Å². The van der Waals surface area contributed by atoms with Gasteiger partial charge in [0.15, 0.2) is 0 Å². The minimum absolute atomic E-state index is 0.117. The molecule has 1 heterocycles. The topological polar surface area (TPSA) is 49.6 Å². The maximum atomic E-state index is 12.7. The molecule has 1 aliphatic heterocycles. The highest BCUT2D eigenvalue weighted by atomic mass is 32.1. The van der Waals surface area contributed by atoms with Crippen LogP contribution in [0.25, 0.3) is 0 Å². The zero-order chi connectivity index (χ0) is 16.0. The Balaban J connectivity index is 1.93. The van der Waals surface area contributed by atoms with E-state index in [0.29, 0.717) is 10.9 Å². The van der Waals surface area contributed by atoms with E-state index < -0.39 is 0 Å². The summed E-state index contributed by atoms with van der Waals surface area (Å²) in [4.78, 5) is 17.6. The lowest BCUT2D eigenvalue weighted by molar-refractivity contribution is -0.135. The van der Waals surface area contributed by atoms with E-state index in [-0.39, 0.29) is 22.8 Å². The van der Waals surface area contributed by atoms with Crippen LogP contribution in [0.15, 0.2) is 0 Å². The van der Waals surface area contributed by atoms with Gasteiger partial charge in [0.05, 0.1) is 11.0 Å². The van der Waals surface area contributed by atoms with Gasteiger partial charge in [0.1, 0.15) is 0 Å². The Hall–Kier alpha value is -0.680. The van der Waals surface area contributed by atoms with Gasteiger partial charge in [-0.15, -0.1) is 0 Å². The molecule has 120 valence electrons. The SMILES string of the molecule is CCC(C(N)=S)N1CCN(C(=O)C2C(C)(C)C2(C)C)CC1. The second-order valence-electron chi connectivity index (χ2n) is 7.56. The van der Waals surface area contributed by atoms with Crippen LogP contribution in [0, 0.1) is 16.7 Å². The van der Waals surface area contributed by atoms with Crippen LogP contribution in [0.1, 0.15) is 41.0 Å². The summed E-state index contributed by atoms with van der Waals surface area (Å²) in [5.41, 5.74) is 6.05. The summed E-state index contributed by atoms with van der Waals surface area (Å²) in [5, 5.41) is 0. The maximum absolute atomic E-state index is 12.7. The summed E-state index contributed by atoms with van der Waals surface area (Å²) in [7, 11) is 0. The van der Waals surface area contributed by atoms with Gasteiger partial charge in [0.2, 0.25) is 5.91 Å². The molecule has 0 spiro atoms. The highest BCUT2D eigenvalue weighted by molar-refractivity contribution is 7.80. The Labute approximate surface area is 134 Å². The largest absolute Gasteiger partial charge is 0.392 e. The van der Waals surface area contributed by atoms with E-state index in [1.165, 1.54) is 0 Å². The summed E-state index contributed by atoms with van der Waals surface area (Å²) in [6.07, 6.45) is 0.936. The number of carbonyl (C=O) groups excluding carboxylic acids is 1. The fourth-order valence-corrected chi connectivity index (χ4v) is 4.21. The van der Waals surface area contributed by atoms with Crippen LogP contribution in [-0.2, 0) is 4.79 Å². The molecule has 1 amide bonds. The van der Waals surface area contributed by atoms with E-state index in [1.54, 1.807) is 0 Å². The number of rotatable bonds is 4. The molecule has 0 aromatic heterocycles. The zero-order valence-electron chi connectivity index (χ0n) is 14.0. The molecule has 2 N–H and O–H groups in total. The first kappa shape index (κ1) is 16.7. The zero-order valence-corrected chi connectivity index (χ0v) is 14.8. The fraction of sp³-hybridized carbons (Fsp3) is 0.875. The lowest BCUT2D eigenvalue weighted by Gasteiger charge is -2.39. The Morgan fingerprint density at radius 3 is 2.00 bits per heavy atom. The third-order valence-electron chi connectivity index (χ3n) is 6.05. The number of carbonyl (C=O) groups is 1. The van der Waals surface area contributed by atoms with E-state index >= 15 is 0 Å².